The van der Waals surface area contributed by atoms with Crippen molar-refractivity contribution in [2.24, 2.45) is 5.73 Å². The van der Waals surface area contributed by atoms with E-state index in [2.05, 4.69) is 17.9 Å². The number of nitrogens with two attached hydrogens (primary N) is 1. The van der Waals surface area contributed by atoms with Gasteiger partial charge < -0.3 is 15.4 Å². The molecule has 0 saturated carbocycles. The van der Waals surface area contributed by atoms with Gasteiger partial charge in [-0.15, -0.1) is 0 Å². The lowest BCUT2D eigenvalue weighted by atomic mass is 9.85. The van der Waals surface area contributed by atoms with Crippen molar-refractivity contribution in [1.29, 1.82) is 0 Å². The molecule has 2 N–H and O–H groups in total. The van der Waals surface area contributed by atoms with E-state index in [9.17, 15) is 4.79 Å². The quantitative estimate of drug-likeness (QED) is 0.897. The number of amides is 1. The highest BCUT2D eigenvalue weighted by Gasteiger charge is 2.32. The van der Waals surface area contributed by atoms with Crippen LogP contribution >= 0.6 is 0 Å². The second-order valence-electron chi connectivity index (χ2n) is 5.71. The summed E-state index contributed by atoms with van der Waals surface area (Å²) in [6.45, 7) is 7.74. The summed E-state index contributed by atoms with van der Waals surface area (Å²) in [4.78, 5) is 14.0. The van der Waals surface area contributed by atoms with Crippen molar-refractivity contribution in [3.8, 4) is 0 Å². The third kappa shape index (κ3) is 3.12. The predicted octanol–water partition coefficient (Wildman–Crippen LogP) is 2.28. The molecule has 1 heterocycles. The molecule has 0 fully saturated rings. The summed E-state index contributed by atoms with van der Waals surface area (Å²) in [6, 6.07) is 8.33. The van der Waals surface area contributed by atoms with E-state index < -0.39 is 0 Å². The Morgan fingerprint density at radius 2 is 2.15 bits per heavy atom. The van der Waals surface area contributed by atoms with E-state index in [-0.39, 0.29) is 24.0 Å². The van der Waals surface area contributed by atoms with Crippen LogP contribution < -0.4 is 10.6 Å². The first-order chi connectivity index (χ1) is 9.50. The zero-order valence-electron chi connectivity index (χ0n) is 12.5. The summed E-state index contributed by atoms with van der Waals surface area (Å²) < 4.78 is 5.65. The number of carbonyl (C=O) groups excluding carboxylic acids is 1. The fourth-order valence-electron chi connectivity index (χ4n) is 2.87. The molecule has 110 valence electrons. The van der Waals surface area contributed by atoms with Crippen LogP contribution in [0.4, 0.5) is 5.69 Å². The van der Waals surface area contributed by atoms with Gasteiger partial charge in [-0.25, -0.2) is 0 Å². The van der Waals surface area contributed by atoms with Gasteiger partial charge in [-0.3, -0.25) is 4.79 Å². The summed E-state index contributed by atoms with van der Waals surface area (Å²) in [5.41, 5.74) is 7.70. The summed E-state index contributed by atoms with van der Waals surface area (Å²) in [5.74, 6) is -0.411. The molecular formula is C16H24N2O2. The van der Waals surface area contributed by atoms with Crippen molar-refractivity contribution in [3.05, 3.63) is 29.8 Å². The largest absolute Gasteiger partial charge is 0.377 e. The topological polar surface area (TPSA) is 55.6 Å². The molecule has 0 bridgehead atoms. The molecule has 0 spiro atoms. The molecule has 2 unspecified atom stereocenters. The minimum Gasteiger partial charge on any atom is -0.377 e. The third-order valence-corrected chi connectivity index (χ3v) is 3.86. The molecule has 0 radical (unpaired) electrons. The van der Waals surface area contributed by atoms with Gasteiger partial charge in [-0.2, -0.15) is 0 Å². The molecule has 1 aromatic rings. The highest BCUT2D eigenvalue weighted by molar-refractivity contribution is 5.85. The maximum absolute atomic E-state index is 11.7. The Kier molecular flexibility index (Phi) is 4.65. The fourth-order valence-corrected chi connectivity index (χ4v) is 2.87. The fraction of sp³-hybridized carbons (Fsp3) is 0.562. The van der Waals surface area contributed by atoms with E-state index in [4.69, 9.17) is 10.5 Å². The van der Waals surface area contributed by atoms with Crippen LogP contribution in [0.2, 0.25) is 0 Å². The van der Waals surface area contributed by atoms with Crippen LogP contribution in [0.5, 0.6) is 0 Å². The van der Waals surface area contributed by atoms with Crippen LogP contribution in [0.1, 0.15) is 38.7 Å². The van der Waals surface area contributed by atoms with Crippen molar-refractivity contribution in [1.82, 2.24) is 0 Å². The maximum Gasteiger partial charge on any atom is 0.225 e. The zero-order chi connectivity index (χ0) is 14.7. The average Bonchev–Trinajstić information content (AvgIpc) is 2.40. The molecule has 2 rings (SSSR count). The standard InChI is InChI=1S/C16H24N2O2/c1-11(2)20-9-8-18-12(3)10-14(16(17)19)13-6-4-5-7-15(13)18/h4-7,11-12,14H,8-10H2,1-3H3,(H2,17,19). The molecule has 4 heteroatoms. The van der Waals surface area contributed by atoms with Gasteiger partial charge in [0.15, 0.2) is 0 Å². The van der Waals surface area contributed by atoms with Crippen LogP contribution in [-0.2, 0) is 9.53 Å². The monoisotopic (exact) mass is 276 g/mol. The van der Waals surface area contributed by atoms with Gasteiger partial charge in [0.2, 0.25) is 5.91 Å². The SMILES string of the molecule is CC(C)OCCN1c2ccccc2C(C(N)=O)CC1C. The Bertz CT molecular complexity index is 473. The van der Waals surface area contributed by atoms with E-state index in [0.29, 0.717) is 6.61 Å². The first-order valence-electron chi connectivity index (χ1n) is 7.27. The van der Waals surface area contributed by atoms with Crippen molar-refractivity contribution in [2.45, 2.75) is 45.3 Å². The van der Waals surface area contributed by atoms with Crippen LogP contribution in [-0.4, -0.2) is 31.2 Å². The number of anilines is 1. The molecule has 1 aliphatic rings. The van der Waals surface area contributed by atoms with Gasteiger partial charge in [0.1, 0.15) is 0 Å². The highest BCUT2D eigenvalue weighted by Crippen LogP contribution is 2.37. The van der Waals surface area contributed by atoms with Crippen molar-refractivity contribution in [3.63, 3.8) is 0 Å². The lowest BCUT2D eigenvalue weighted by Gasteiger charge is -2.40. The van der Waals surface area contributed by atoms with E-state index in [1.807, 2.05) is 32.0 Å². The minimum atomic E-state index is -0.234. The number of carbonyl (C=O) groups is 1. The van der Waals surface area contributed by atoms with Gasteiger partial charge in [-0.1, -0.05) is 18.2 Å². The second-order valence-corrected chi connectivity index (χ2v) is 5.71. The molecule has 0 aromatic heterocycles. The number of nitrogens with zero attached hydrogens (tertiary/aromatic N) is 1. The van der Waals surface area contributed by atoms with Gasteiger partial charge >= 0.3 is 0 Å². The number of rotatable bonds is 5. The first-order valence-corrected chi connectivity index (χ1v) is 7.27. The number of hydrogen-bond donors (Lipinski definition) is 1. The number of ether oxygens (including phenoxy) is 1. The average molecular weight is 276 g/mol. The third-order valence-electron chi connectivity index (χ3n) is 3.86. The Balaban J connectivity index is 2.20. The van der Waals surface area contributed by atoms with Crippen molar-refractivity contribution in [2.75, 3.05) is 18.1 Å². The minimum absolute atomic E-state index is 0.177. The molecular weight excluding hydrogens is 252 g/mol. The lowest BCUT2D eigenvalue weighted by molar-refractivity contribution is -0.119. The Hall–Kier alpha value is -1.55. The van der Waals surface area contributed by atoms with Gasteiger partial charge in [0.05, 0.1) is 18.6 Å². The van der Waals surface area contributed by atoms with Crippen LogP contribution in [0, 0.1) is 0 Å². The maximum atomic E-state index is 11.7. The molecule has 2 atom stereocenters. The van der Waals surface area contributed by atoms with Crippen LogP contribution in [0.3, 0.4) is 0 Å². The normalized spacial score (nSPS) is 21.9. The van der Waals surface area contributed by atoms with E-state index in [1.165, 1.54) is 0 Å². The molecule has 1 amide bonds. The summed E-state index contributed by atoms with van der Waals surface area (Å²) >= 11 is 0. The molecule has 1 aromatic carbocycles. The number of primary amides is 1. The zero-order valence-corrected chi connectivity index (χ0v) is 12.5. The lowest BCUT2D eigenvalue weighted by Crippen LogP contribution is -2.43. The number of para-hydroxylation sites is 1. The highest BCUT2D eigenvalue weighted by atomic mass is 16.5. The number of benzene rings is 1. The van der Waals surface area contributed by atoms with Gasteiger partial charge in [0, 0.05) is 18.3 Å². The predicted molar refractivity (Wildman–Crippen MR) is 80.9 cm³/mol. The molecule has 0 aliphatic carbocycles. The number of hydrogen-bond acceptors (Lipinski definition) is 3. The first kappa shape index (κ1) is 14.9. The Morgan fingerprint density at radius 1 is 1.45 bits per heavy atom. The van der Waals surface area contributed by atoms with E-state index >= 15 is 0 Å². The Morgan fingerprint density at radius 3 is 2.80 bits per heavy atom. The smallest absolute Gasteiger partial charge is 0.225 e. The van der Waals surface area contributed by atoms with Crippen LogP contribution in [0.15, 0.2) is 24.3 Å². The van der Waals surface area contributed by atoms with E-state index in [0.717, 1.165) is 24.2 Å². The van der Waals surface area contributed by atoms with Crippen molar-refractivity contribution >= 4 is 11.6 Å². The molecule has 4 nitrogen and oxygen atoms in total. The summed E-state index contributed by atoms with van der Waals surface area (Å²) in [7, 11) is 0. The van der Waals surface area contributed by atoms with E-state index in [1.54, 1.807) is 0 Å². The number of fused-ring (bicyclic) bond motifs is 1. The Labute approximate surface area is 120 Å². The van der Waals surface area contributed by atoms with Gasteiger partial charge in [-0.05, 0) is 38.8 Å². The molecule has 0 saturated heterocycles. The van der Waals surface area contributed by atoms with Crippen molar-refractivity contribution < 1.29 is 9.53 Å². The summed E-state index contributed by atoms with van der Waals surface area (Å²) in [6.07, 6.45) is 1.01. The molecule has 20 heavy (non-hydrogen) atoms. The van der Waals surface area contributed by atoms with Gasteiger partial charge in [0.25, 0.3) is 0 Å². The summed E-state index contributed by atoms with van der Waals surface area (Å²) in [5, 5.41) is 0. The van der Waals surface area contributed by atoms with Crippen LogP contribution in [0.25, 0.3) is 0 Å². The second kappa shape index (κ2) is 6.27. The molecule has 1 aliphatic heterocycles.